The van der Waals surface area contributed by atoms with Gasteiger partial charge in [0.25, 0.3) is 5.91 Å². The molecule has 1 N–H and O–H groups in total. The Morgan fingerprint density at radius 2 is 1.68 bits per heavy atom. The number of unbranched alkanes of at least 4 members (excludes halogenated alkanes) is 1. The van der Waals surface area contributed by atoms with Crippen LogP contribution in [-0.4, -0.2) is 48.5 Å². The molecule has 8 heteroatoms. The average Bonchev–Trinajstić information content (AvgIpc) is 2.93. The van der Waals surface area contributed by atoms with Crippen LogP contribution in [0.4, 0.5) is 8.78 Å². The lowest BCUT2D eigenvalue weighted by Gasteiger charge is -2.24. The largest absolute Gasteiger partial charge is 0.467 e. The Bertz CT molecular complexity index is 1280. The fourth-order valence-electron chi connectivity index (χ4n) is 4.66. The average molecular weight is 569 g/mol. The highest BCUT2D eigenvalue weighted by Crippen LogP contribution is 2.29. The molecule has 1 atom stereocenters. The number of halogens is 2. The molecule has 0 saturated heterocycles. The van der Waals surface area contributed by atoms with Gasteiger partial charge in [0.05, 0.1) is 7.11 Å². The van der Waals surface area contributed by atoms with Gasteiger partial charge in [0.2, 0.25) is 0 Å². The second-order valence-electron chi connectivity index (χ2n) is 9.87. The summed E-state index contributed by atoms with van der Waals surface area (Å²) in [5, 5.41) is 2.87. The second-order valence-corrected chi connectivity index (χ2v) is 10.9. The van der Waals surface area contributed by atoms with Crippen LogP contribution in [0, 0.1) is 18.6 Å². The van der Waals surface area contributed by atoms with Crippen molar-refractivity contribution in [1.82, 2.24) is 10.2 Å². The summed E-state index contributed by atoms with van der Waals surface area (Å²) < 4.78 is 32.6. The minimum Gasteiger partial charge on any atom is -0.467 e. The number of ether oxygens (including phenoxy) is 1. The number of nitrogens with one attached hydrogen (secondary N) is 1. The predicted molar refractivity (Wildman–Crippen MR) is 158 cm³/mol. The number of esters is 1. The fraction of sp³-hybridized carbons (Fsp3) is 0.375. The van der Waals surface area contributed by atoms with Crippen LogP contribution >= 0.6 is 11.8 Å². The summed E-state index contributed by atoms with van der Waals surface area (Å²) in [6.07, 6.45) is 4.33. The molecule has 0 bridgehead atoms. The SMILES string of the molecule is CCCCN(Cc1cc(F)cc(F)c1)Cc1ccc(C(=O)N[C@@H](CCSC)C(=O)OC)c(-c2ccccc2C)c1. The first-order valence-corrected chi connectivity index (χ1v) is 14.9. The number of thioether (sulfide) groups is 1. The van der Waals surface area contributed by atoms with E-state index in [9.17, 15) is 18.4 Å². The van der Waals surface area contributed by atoms with Crippen molar-refractivity contribution in [2.75, 3.05) is 25.7 Å². The van der Waals surface area contributed by atoms with Gasteiger partial charge in [0.1, 0.15) is 17.7 Å². The highest BCUT2D eigenvalue weighted by molar-refractivity contribution is 7.98. The van der Waals surface area contributed by atoms with Crippen LogP contribution < -0.4 is 5.32 Å². The minimum atomic E-state index is -0.745. The monoisotopic (exact) mass is 568 g/mol. The molecule has 214 valence electrons. The number of benzene rings is 3. The zero-order chi connectivity index (χ0) is 29.1. The molecular weight excluding hydrogens is 530 g/mol. The first kappa shape index (κ1) is 31.3. The van der Waals surface area contributed by atoms with E-state index < -0.39 is 23.6 Å². The fourth-order valence-corrected chi connectivity index (χ4v) is 5.13. The third-order valence-corrected chi connectivity index (χ3v) is 7.37. The van der Waals surface area contributed by atoms with Gasteiger partial charge in [-0.15, -0.1) is 0 Å². The molecule has 0 aliphatic rings. The van der Waals surface area contributed by atoms with E-state index in [0.717, 1.165) is 47.7 Å². The lowest BCUT2D eigenvalue weighted by atomic mass is 9.93. The first-order valence-electron chi connectivity index (χ1n) is 13.5. The Balaban J connectivity index is 1.96. The Hall–Kier alpha value is -3.23. The standard InChI is InChI=1S/C32H38F2N2O3S/c1-5-6-14-36(21-24-16-25(33)19-26(34)17-24)20-23-11-12-28(29(18-23)27-10-8-7-9-22(27)2)31(37)35-30(13-15-40-4)32(38)39-3/h7-12,16-19,30H,5-6,13-15,20-21H2,1-4H3,(H,35,37)/t30-/m0/s1. The van der Waals surface area contributed by atoms with E-state index in [1.54, 1.807) is 17.8 Å². The molecule has 3 aromatic carbocycles. The van der Waals surface area contributed by atoms with Crippen molar-refractivity contribution in [2.24, 2.45) is 0 Å². The van der Waals surface area contributed by atoms with Crippen molar-refractivity contribution in [1.29, 1.82) is 0 Å². The number of amides is 1. The predicted octanol–water partition coefficient (Wildman–Crippen LogP) is 6.77. The van der Waals surface area contributed by atoms with Crippen molar-refractivity contribution < 1.29 is 23.1 Å². The number of aryl methyl sites for hydroxylation is 1. The Kier molecular flexibility index (Phi) is 12.2. The summed E-state index contributed by atoms with van der Waals surface area (Å²) >= 11 is 1.59. The lowest BCUT2D eigenvalue weighted by Crippen LogP contribution is -2.42. The van der Waals surface area contributed by atoms with Crippen LogP contribution in [0.5, 0.6) is 0 Å². The first-order chi connectivity index (χ1) is 19.2. The maximum absolute atomic E-state index is 13.9. The van der Waals surface area contributed by atoms with Crippen molar-refractivity contribution in [3.05, 3.63) is 94.6 Å². The molecule has 0 aromatic heterocycles. The number of hydrogen-bond donors (Lipinski definition) is 1. The second kappa shape index (κ2) is 15.5. The summed E-state index contributed by atoms with van der Waals surface area (Å²) in [5.41, 5.74) is 4.69. The molecular formula is C32H38F2N2O3S. The number of carbonyl (C=O) groups is 2. The van der Waals surface area contributed by atoms with E-state index in [1.807, 2.05) is 49.6 Å². The van der Waals surface area contributed by atoms with Crippen molar-refractivity contribution in [3.63, 3.8) is 0 Å². The third kappa shape index (κ3) is 8.89. The maximum atomic E-state index is 13.9. The van der Waals surface area contributed by atoms with Crippen LogP contribution in [-0.2, 0) is 22.6 Å². The Morgan fingerprint density at radius 3 is 2.33 bits per heavy atom. The summed E-state index contributed by atoms with van der Waals surface area (Å²) in [6, 6.07) is 16.4. The third-order valence-electron chi connectivity index (χ3n) is 6.73. The maximum Gasteiger partial charge on any atom is 0.328 e. The quantitative estimate of drug-likeness (QED) is 0.218. The van der Waals surface area contributed by atoms with Crippen molar-refractivity contribution in [2.45, 2.75) is 52.2 Å². The molecule has 0 saturated carbocycles. The van der Waals surface area contributed by atoms with Gasteiger partial charge >= 0.3 is 5.97 Å². The van der Waals surface area contributed by atoms with E-state index in [1.165, 1.54) is 19.2 Å². The summed E-state index contributed by atoms with van der Waals surface area (Å²) in [7, 11) is 1.32. The molecule has 0 unspecified atom stereocenters. The Labute approximate surface area is 240 Å². The van der Waals surface area contributed by atoms with Gasteiger partial charge in [-0.1, -0.05) is 43.7 Å². The zero-order valence-electron chi connectivity index (χ0n) is 23.6. The highest BCUT2D eigenvalue weighted by Gasteiger charge is 2.24. The van der Waals surface area contributed by atoms with Crippen molar-refractivity contribution >= 4 is 23.6 Å². The van der Waals surface area contributed by atoms with Crippen molar-refractivity contribution in [3.8, 4) is 11.1 Å². The van der Waals surface area contributed by atoms with Crippen LogP contribution in [0.3, 0.4) is 0 Å². The van der Waals surface area contributed by atoms with Gasteiger partial charge in [0, 0.05) is 24.7 Å². The molecule has 0 heterocycles. The molecule has 0 spiro atoms. The molecule has 1 amide bonds. The molecule has 0 radical (unpaired) electrons. The minimum absolute atomic E-state index is 0.348. The van der Waals surface area contributed by atoms with Gasteiger partial charge in [-0.25, -0.2) is 13.6 Å². The number of methoxy groups -OCH3 is 1. The van der Waals surface area contributed by atoms with E-state index >= 15 is 0 Å². The summed E-state index contributed by atoms with van der Waals surface area (Å²) in [6.45, 7) is 5.78. The summed E-state index contributed by atoms with van der Waals surface area (Å²) in [4.78, 5) is 28.0. The van der Waals surface area contributed by atoms with E-state index in [-0.39, 0.29) is 5.91 Å². The molecule has 0 fully saturated rings. The molecule has 3 rings (SSSR count). The van der Waals surface area contributed by atoms with Gasteiger partial charge < -0.3 is 10.1 Å². The number of hydrogen-bond acceptors (Lipinski definition) is 5. The highest BCUT2D eigenvalue weighted by atomic mass is 32.2. The van der Waals surface area contributed by atoms with Gasteiger partial charge in [0.15, 0.2) is 0 Å². The number of carbonyl (C=O) groups excluding carboxylic acids is 2. The van der Waals surface area contributed by atoms with Crippen LogP contribution in [0.2, 0.25) is 0 Å². The van der Waals surface area contributed by atoms with E-state index in [2.05, 4.69) is 17.1 Å². The molecule has 40 heavy (non-hydrogen) atoms. The van der Waals surface area contributed by atoms with Crippen LogP contribution in [0.1, 0.15) is 53.2 Å². The molecule has 5 nitrogen and oxygen atoms in total. The Morgan fingerprint density at radius 1 is 0.975 bits per heavy atom. The van der Waals surface area contributed by atoms with Gasteiger partial charge in [-0.2, -0.15) is 11.8 Å². The molecule has 0 aliphatic carbocycles. The normalized spacial score (nSPS) is 11.9. The van der Waals surface area contributed by atoms with E-state index in [0.29, 0.717) is 36.4 Å². The summed E-state index contributed by atoms with van der Waals surface area (Å²) in [5.74, 6) is -1.31. The lowest BCUT2D eigenvalue weighted by molar-refractivity contribution is -0.142. The zero-order valence-corrected chi connectivity index (χ0v) is 24.5. The van der Waals surface area contributed by atoms with Crippen LogP contribution in [0.25, 0.3) is 11.1 Å². The van der Waals surface area contributed by atoms with Crippen LogP contribution in [0.15, 0.2) is 60.7 Å². The van der Waals surface area contributed by atoms with Gasteiger partial charge in [-0.05, 0) is 90.4 Å². The topological polar surface area (TPSA) is 58.6 Å². The number of rotatable bonds is 14. The van der Waals surface area contributed by atoms with Gasteiger partial charge in [-0.3, -0.25) is 9.69 Å². The van der Waals surface area contributed by atoms with E-state index in [4.69, 9.17) is 4.74 Å². The molecule has 3 aromatic rings. The number of nitrogens with zero attached hydrogens (tertiary/aromatic N) is 1. The smallest absolute Gasteiger partial charge is 0.328 e. The molecule has 0 aliphatic heterocycles.